The van der Waals surface area contributed by atoms with Crippen LogP contribution in [0, 0.1) is 12.3 Å². The van der Waals surface area contributed by atoms with Crippen LogP contribution in [0.5, 0.6) is 0 Å². The van der Waals surface area contributed by atoms with Crippen molar-refractivity contribution in [3.63, 3.8) is 0 Å². The Labute approximate surface area is 401 Å². The van der Waals surface area contributed by atoms with Crippen LogP contribution in [0.15, 0.2) is 42.6 Å². The summed E-state index contributed by atoms with van der Waals surface area (Å²) in [6.45, 7) is 6.81. The first kappa shape index (κ1) is 49.0. The molecule has 10 rings (SSSR count). The molecular weight excluding hydrogens is 896 g/mol. The number of carbonyl (C=O) groups excluding carboxylic acids is 4. The highest BCUT2D eigenvalue weighted by atomic mass is 35.5. The Kier molecular flexibility index (Phi) is 14.9. The maximum absolute atomic E-state index is 15.6. The summed E-state index contributed by atoms with van der Waals surface area (Å²) in [7, 11) is 7.19. The van der Waals surface area contributed by atoms with Gasteiger partial charge in [0.05, 0.1) is 35.2 Å². The second-order valence-electron chi connectivity index (χ2n) is 18.9. The lowest BCUT2D eigenvalue weighted by Gasteiger charge is -2.51. The lowest BCUT2D eigenvalue weighted by molar-refractivity contribution is -0.187. The number of aromatic nitrogens is 3. The molecule has 4 saturated heterocycles. The number of carbonyl (C=O) groups is 4. The Balaban J connectivity index is 0.000000181. The molecule has 68 heavy (non-hydrogen) atoms. The molecule has 0 unspecified atom stereocenters. The second-order valence-corrected chi connectivity index (χ2v) is 19.2. The van der Waals surface area contributed by atoms with Crippen LogP contribution in [0.4, 0.5) is 36.5 Å². The van der Waals surface area contributed by atoms with Crippen molar-refractivity contribution in [1.29, 1.82) is 0 Å². The summed E-state index contributed by atoms with van der Waals surface area (Å²) < 4.78 is 37.7. The number of fused-ring (bicyclic) bond motifs is 2. The summed E-state index contributed by atoms with van der Waals surface area (Å²) in [4.78, 5) is 62.2. The molecule has 7 heterocycles. The van der Waals surface area contributed by atoms with Crippen molar-refractivity contribution in [1.82, 2.24) is 39.9 Å². The van der Waals surface area contributed by atoms with Gasteiger partial charge in [0, 0.05) is 83.1 Å². The molecule has 366 valence electrons. The third kappa shape index (κ3) is 10.0. The number of alkyl halides is 2. The lowest BCUT2D eigenvalue weighted by Crippen LogP contribution is -2.58. The highest BCUT2D eigenvalue weighted by molar-refractivity contribution is 6.35. The topological polar surface area (TPSA) is 160 Å². The number of anilines is 4. The number of nitrogens with zero attached hydrogens (tertiary/aromatic N) is 8. The van der Waals surface area contributed by atoms with Gasteiger partial charge in [-0.2, -0.15) is 0 Å². The molecular formula is C49H64ClF2N11O5. The van der Waals surface area contributed by atoms with Crippen LogP contribution in [-0.4, -0.2) is 146 Å². The number of halogens is 3. The zero-order chi connectivity index (χ0) is 48.3. The van der Waals surface area contributed by atoms with E-state index in [0.717, 1.165) is 67.9 Å². The standard InChI is InChI=1S/C28H36F2N8O.C16H18ClN3O3.C5H10O/c1-31-21-15-24(34-38-23(26(39)32-2)16-33-25(21)38)37-11-7-20-19(5-4-6-22(20)37)17-36-14-10-27(28(29,30)18-36)8-12-35(3)13-9-27;1-10-8-11(15(22)19-5-2-3-6-19)9-12(14(10)17)20-7-4-13(21)18-16(20)23;1-6-5-3-2-4-5/h4-6,15-16,31H,7-14,17-18H2,1-3H3,(H,32,39);8-9H,2-7H2,1H3,(H,18,21,23);5H,2-4H2,1H3. The van der Waals surface area contributed by atoms with E-state index in [9.17, 15) is 19.2 Å². The average molecular weight is 961 g/mol. The van der Waals surface area contributed by atoms with Gasteiger partial charge in [-0.1, -0.05) is 23.7 Å². The van der Waals surface area contributed by atoms with Gasteiger partial charge in [0.15, 0.2) is 17.2 Å². The van der Waals surface area contributed by atoms with Crippen molar-refractivity contribution in [3.05, 3.63) is 75.6 Å². The first-order valence-corrected chi connectivity index (χ1v) is 24.2. The second kappa shape index (κ2) is 20.7. The Morgan fingerprint density at radius 2 is 1.65 bits per heavy atom. The minimum Gasteiger partial charge on any atom is -0.385 e. The molecule has 0 atom stereocenters. The number of methoxy groups -OCH3 is 1. The van der Waals surface area contributed by atoms with E-state index in [1.807, 2.05) is 36.0 Å². The third-order valence-electron chi connectivity index (χ3n) is 14.6. The Hall–Kier alpha value is -5.43. The number of rotatable bonds is 8. The molecule has 19 heteroatoms. The van der Waals surface area contributed by atoms with Crippen molar-refractivity contribution >= 4 is 63.9 Å². The van der Waals surface area contributed by atoms with E-state index >= 15 is 8.78 Å². The molecule has 3 N–H and O–H groups in total. The van der Waals surface area contributed by atoms with Gasteiger partial charge in [-0.3, -0.25) is 29.5 Å². The molecule has 16 nitrogen and oxygen atoms in total. The van der Waals surface area contributed by atoms with Crippen LogP contribution >= 0.6 is 11.6 Å². The number of hydrogen-bond acceptors (Lipinski definition) is 11. The lowest BCUT2D eigenvalue weighted by atomic mass is 9.68. The van der Waals surface area contributed by atoms with Crippen molar-refractivity contribution in [2.75, 3.05) is 95.7 Å². The Morgan fingerprint density at radius 1 is 0.926 bits per heavy atom. The first-order valence-electron chi connectivity index (χ1n) is 23.8. The third-order valence-corrected chi connectivity index (χ3v) is 15.1. The molecule has 5 amide bonds. The van der Waals surface area contributed by atoms with E-state index in [0.29, 0.717) is 78.4 Å². The summed E-state index contributed by atoms with van der Waals surface area (Å²) in [5.74, 6) is -2.61. The number of likely N-dealkylation sites (tertiary alicyclic amines) is 3. The summed E-state index contributed by atoms with van der Waals surface area (Å²) >= 11 is 6.33. The maximum atomic E-state index is 15.6. The number of ether oxygens (including phenoxy) is 1. The SMILES string of the molecule is CNC(=O)c1cnc2c(NC)cc(N3CCc4c(CN5CCC6(CCN(C)CC6)C(F)(F)C5)cccc43)nn12.COC1CCC1.Cc1cc(C(=O)N2CCCC2)cc(N2CCC(=O)NC2=O)c1Cl. The van der Waals surface area contributed by atoms with E-state index in [1.165, 1.54) is 35.9 Å². The smallest absolute Gasteiger partial charge is 0.328 e. The van der Waals surface area contributed by atoms with E-state index in [2.05, 4.69) is 42.9 Å². The van der Waals surface area contributed by atoms with E-state index < -0.39 is 17.4 Å². The Bertz CT molecular complexity index is 2520. The van der Waals surface area contributed by atoms with Gasteiger partial charge < -0.3 is 30.1 Å². The fourth-order valence-electron chi connectivity index (χ4n) is 10.1. The number of imidazole rings is 1. The van der Waals surface area contributed by atoms with Gasteiger partial charge in [-0.25, -0.2) is 23.1 Å². The van der Waals surface area contributed by atoms with Crippen molar-refractivity contribution < 1.29 is 32.7 Å². The summed E-state index contributed by atoms with van der Waals surface area (Å²) in [6.07, 6.45) is 10.8. The van der Waals surface area contributed by atoms with Crippen molar-refractivity contribution in [3.8, 4) is 0 Å². The molecule has 4 aromatic rings. The van der Waals surface area contributed by atoms with E-state index in [-0.39, 0.29) is 37.2 Å². The van der Waals surface area contributed by atoms with Crippen molar-refractivity contribution in [2.24, 2.45) is 5.41 Å². The molecule has 1 saturated carbocycles. The van der Waals surface area contributed by atoms with Crippen molar-refractivity contribution in [2.45, 2.75) is 89.7 Å². The van der Waals surface area contributed by atoms with Crippen LogP contribution in [-0.2, 0) is 22.5 Å². The number of hydrogen-bond donors (Lipinski definition) is 3. The normalized spacial score (nSPS) is 20.3. The number of aryl methyl sites for hydroxylation is 1. The zero-order valence-corrected chi connectivity index (χ0v) is 40.6. The molecule has 2 aromatic carbocycles. The van der Waals surface area contributed by atoms with E-state index in [1.54, 1.807) is 37.7 Å². The molecule has 0 radical (unpaired) electrons. The average Bonchev–Trinajstić information content (AvgIpc) is 4.10. The number of nitrogens with one attached hydrogen (secondary N) is 3. The van der Waals surface area contributed by atoms with Gasteiger partial charge in [-0.05, 0) is 126 Å². The van der Waals surface area contributed by atoms with Gasteiger partial charge >= 0.3 is 6.03 Å². The minimum absolute atomic E-state index is 0.0444. The van der Waals surface area contributed by atoms with Crippen LogP contribution in [0.1, 0.15) is 95.3 Å². The highest BCUT2D eigenvalue weighted by Gasteiger charge is 2.57. The number of amides is 5. The van der Waals surface area contributed by atoms with Crippen LogP contribution in [0.2, 0.25) is 5.02 Å². The molecule has 1 spiro atoms. The first-order chi connectivity index (χ1) is 32.6. The van der Waals surface area contributed by atoms with Crippen LogP contribution in [0.25, 0.3) is 5.65 Å². The molecule has 5 aliphatic heterocycles. The number of imide groups is 1. The predicted molar refractivity (Wildman–Crippen MR) is 259 cm³/mol. The Morgan fingerprint density at radius 3 is 2.28 bits per heavy atom. The summed E-state index contributed by atoms with van der Waals surface area (Å²) in [5.41, 5.74) is 5.84. The van der Waals surface area contributed by atoms with Crippen LogP contribution < -0.4 is 25.8 Å². The predicted octanol–water partition coefficient (Wildman–Crippen LogP) is 6.89. The van der Waals surface area contributed by atoms with E-state index in [4.69, 9.17) is 21.4 Å². The van der Waals surface area contributed by atoms with Gasteiger partial charge in [0.1, 0.15) is 0 Å². The molecule has 5 fully saturated rings. The number of piperidine rings is 2. The minimum atomic E-state index is -2.69. The summed E-state index contributed by atoms with van der Waals surface area (Å²) in [5, 5.41) is 13.3. The quantitative estimate of drug-likeness (QED) is 0.169. The van der Waals surface area contributed by atoms with Gasteiger partial charge in [0.25, 0.3) is 17.7 Å². The van der Waals surface area contributed by atoms with Crippen LogP contribution in [0.3, 0.4) is 0 Å². The molecule has 2 aromatic heterocycles. The van der Waals surface area contributed by atoms with Gasteiger partial charge in [-0.15, -0.1) is 5.10 Å². The molecule has 0 bridgehead atoms. The molecule has 1 aliphatic carbocycles. The highest BCUT2D eigenvalue weighted by Crippen LogP contribution is 2.51. The summed E-state index contributed by atoms with van der Waals surface area (Å²) in [6, 6.07) is 10.9. The largest absolute Gasteiger partial charge is 0.385 e. The molecule has 6 aliphatic rings. The number of benzene rings is 2. The fourth-order valence-corrected chi connectivity index (χ4v) is 10.4. The number of urea groups is 1. The van der Waals surface area contributed by atoms with Gasteiger partial charge in [0.2, 0.25) is 5.91 Å². The monoisotopic (exact) mass is 959 g/mol. The fraction of sp³-hybridized carbons (Fsp3) is 0.551. The zero-order valence-electron chi connectivity index (χ0n) is 39.8. The maximum Gasteiger partial charge on any atom is 0.328 e.